The molecule has 0 fully saturated rings. The number of nitrogens with two attached hydrogens (primary N) is 1. The minimum Gasteiger partial charge on any atom is -0.379 e. The standard InChI is InChI=1S/C10H12N4O2S/c1-6(5-7-3-2-4-17-7)12-10(15)8-9(11)14-16-13-8/h2-4,6H,5H2,1H3,(H2,11,14)(H,12,15). The largest absolute Gasteiger partial charge is 0.379 e. The van der Waals surface area contributed by atoms with Crippen LogP contribution in [0.25, 0.3) is 0 Å². The molecule has 2 rings (SSSR count). The summed E-state index contributed by atoms with van der Waals surface area (Å²) in [5, 5.41) is 11.6. The topological polar surface area (TPSA) is 94.0 Å². The average Bonchev–Trinajstić information content (AvgIpc) is 2.88. The van der Waals surface area contributed by atoms with Crippen molar-refractivity contribution in [1.29, 1.82) is 0 Å². The Balaban J connectivity index is 1.93. The van der Waals surface area contributed by atoms with Gasteiger partial charge in [0.25, 0.3) is 5.91 Å². The Bertz CT molecular complexity index is 494. The average molecular weight is 252 g/mol. The number of anilines is 1. The van der Waals surface area contributed by atoms with E-state index in [1.54, 1.807) is 11.3 Å². The van der Waals surface area contributed by atoms with Crippen molar-refractivity contribution in [2.45, 2.75) is 19.4 Å². The summed E-state index contributed by atoms with van der Waals surface area (Å²) in [7, 11) is 0. The van der Waals surface area contributed by atoms with Crippen molar-refractivity contribution in [2.75, 3.05) is 5.73 Å². The molecule has 2 aromatic rings. The lowest BCUT2D eigenvalue weighted by molar-refractivity contribution is 0.0931. The molecule has 0 spiro atoms. The van der Waals surface area contributed by atoms with Gasteiger partial charge in [-0.2, -0.15) is 0 Å². The first-order chi connectivity index (χ1) is 8.16. The van der Waals surface area contributed by atoms with Crippen LogP contribution < -0.4 is 11.1 Å². The van der Waals surface area contributed by atoms with Gasteiger partial charge in [0.15, 0.2) is 0 Å². The van der Waals surface area contributed by atoms with Crippen molar-refractivity contribution in [3.05, 3.63) is 28.1 Å². The predicted molar refractivity (Wildman–Crippen MR) is 63.7 cm³/mol. The second kappa shape index (κ2) is 4.96. The van der Waals surface area contributed by atoms with E-state index in [0.717, 1.165) is 6.42 Å². The molecule has 2 heterocycles. The molecule has 3 N–H and O–H groups in total. The van der Waals surface area contributed by atoms with E-state index in [2.05, 4.69) is 20.3 Å². The number of rotatable bonds is 4. The van der Waals surface area contributed by atoms with Crippen molar-refractivity contribution >= 4 is 23.1 Å². The zero-order valence-corrected chi connectivity index (χ0v) is 10.0. The number of hydrogen-bond donors (Lipinski definition) is 2. The second-order valence-corrected chi connectivity index (χ2v) is 4.69. The molecule has 0 saturated heterocycles. The molecule has 0 aliphatic carbocycles. The summed E-state index contributed by atoms with van der Waals surface area (Å²) in [4.78, 5) is 12.9. The highest BCUT2D eigenvalue weighted by molar-refractivity contribution is 7.09. The maximum atomic E-state index is 11.7. The number of aromatic nitrogens is 2. The Morgan fingerprint density at radius 3 is 3.06 bits per heavy atom. The van der Waals surface area contributed by atoms with Gasteiger partial charge in [0.05, 0.1) is 0 Å². The molecule has 0 bridgehead atoms. The van der Waals surface area contributed by atoms with Gasteiger partial charge in [-0.3, -0.25) is 4.79 Å². The number of hydrogen-bond acceptors (Lipinski definition) is 6. The zero-order chi connectivity index (χ0) is 12.3. The molecule has 0 aliphatic rings. The first kappa shape index (κ1) is 11.6. The number of nitrogen functional groups attached to an aromatic ring is 1. The molecular weight excluding hydrogens is 240 g/mol. The highest BCUT2D eigenvalue weighted by Gasteiger charge is 2.17. The predicted octanol–water partition coefficient (Wildman–Crippen LogP) is 1.07. The lowest BCUT2D eigenvalue weighted by atomic mass is 10.2. The number of carbonyl (C=O) groups is 1. The SMILES string of the molecule is CC(Cc1cccs1)NC(=O)c1nonc1N. The van der Waals surface area contributed by atoms with Crippen LogP contribution >= 0.6 is 11.3 Å². The third-order valence-corrected chi connectivity index (χ3v) is 3.09. The van der Waals surface area contributed by atoms with Gasteiger partial charge in [0, 0.05) is 17.3 Å². The van der Waals surface area contributed by atoms with Gasteiger partial charge >= 0.3 is 0 Å². The number of amides is 1. The van der Waals surface area contributed by atoms with Gasteiger partial charge in [-0.05, 0) is 28.7 Å². The van der Waals surface area contributed by atoms with Crippen molar-refractivity contribution in [3.63, 3.8) is 0 Å². The Labute approximate surface area is 102 Å². The van der Waals surface area contributed by atoms with Crippen LogP contribution in [-0.2, 0) is 6.42 Å². The highest BCUT2D eigenvalue weighted by Crippen LogP contribution is 2.11. The molecule has 1 amide bonds. The third-order valence-electron chi connectivity index (χ3n) is 2.19. The molecule has 0 radical (unpaired) electrons. The van der Waals surface area contributed by atoms with Gasteiger partial charge < -0.3 is 11.1 Å². The van der Waals surface area contributed by atoms with Crippen molar-refractivity contribution in [1.82, 2.24) is 15.6 Å². The summed E-state index contributed by atoms with van der Waals surface area (Å²) in [6, 6.07) is 4.00. The van der Waals surface area contributed by atoms with Crippen LogP contribution in [0.15, 0.2) is 22.1 Å². The lowest BCUT2D eigenvalue weighted by Crippen LogP contribution is -2.34. The summed E-state index contributed by atoms with van der Waals surface area (Å²) >= 11 is 1.66. The molecule has 2 aromatic heterocycles. The molecule has 1 atom stereocenters. The van der Waals surface area contributed by atoms with Crippen molar-refractivity contribution in [3.8, 4) is 0 Å². The molecule has 0 saturated carbocycles. The Kier molecular flexibility index (Phi) is 3.38. The Hall–Kier alpha value is -1.89. The van der Waals surface area contributed by atoms with E-state index >= 15 is 0 Å². The first-order valence-corrected chi connectivity index (χ1v) is 5.96. The third kappa shape index (κ3) is 2.82. The van der Waals surface area contributed by atoms with Gasteiger partial charge in [-0.15, -0.1) is 11.3 Å². The van der Waals surface area contributed by atoms with E-state index in [0.29, 0.717) is 0 Å². The summed E-state index contributed by atoms with van der Waals surface area (Å²) in [5.74, 6) is -0.362. The van der Waals surface area contributed by atoms with E-state index in [1.807, 2.05) is 24.4 Å². The molecule has 7 heteroatoms. The normalized spacial score (nSPS) is 12.3. The lowest BCUT2D eigenvalue weighted by Gasteiger charge is -2.11. The Morgan fingerprint density at radius 2 is 2.47 bits per heavy atom. The summed E-state index contributed by atoms with van der Waals surface area (Å²) in [6.45, 7) is 1.92. The fourth-order valence-electron chi connectivity index (χ4n) is 1.43. The van der Waals surface area contributed by atoms with Crippen LogP contribution in [0.2, 0.25) is 0 Å². The molecule has 17 heavy (non-hydrogen) atoms. The van der Waals surface area contributed by atoms with Crippen LogP contribution in [0.3, 0.4) is 0 Å². The summed E-state index contributed by atoms with van der Waals surface area (Å²) in [6.07, 6.45) is 0.772. The summed E-state index contributed by atoms with van der Waals surface area (Å²) in [5.41, 5.74) is 5.46. The number of thiophene rings is 1. The number of nitrogens with one attached hydrogen (secondary N) is 1. The highest BCUT2D eigenvalue weighted by atomic mass is 32.1. The number of nitrogens with zero attached hydrogens (tertiary/aromatic N) is 2. The summed E-state index contributed by atoms with van der Waals surface area (Å²) < 4.78 is 4.37. The maximum Gasteiger partial charge on any atom is 0.277 e. The van der Waals surface area contributed by atoms with E-state index < -0.39 is 0 Å². The number of carbonyl (C=O) groups excluding carboxylic acids is 1. The molecule has 0 aliphatic heterocycles. The molecular formula is C10H12N4O2S. The maximum absolute atomic E-state index is 11.7. The molecule has 0 aromatic carbocycles. The quantitative estimate of drug-likeness (QED) is 0.849. The van der Waals surface area contributed by atoms with Gasteiger partial charge in [-0.1, -0.05) is 6.07 Å². The smallest absolute Gasteiger partial charge is 0.277 e. The minimum atomic E-state index is -0.368. The van der Waals surface area contributed by atoms with Gasteiger partial charge in [-0.25, -0.2) is 4.63 Å². The fraction of sp³-hybridized carbons (Fsp3) is 0.300. The second-order valence-electron chi connectivity index (χ2n) is 3.66. The van der Waals surface area contributed by atoms with Crippen LogP contribution in [-0.4, -0.2) is 22.3 Å². The Morgan fingerprint density at radius 1 is 1.65 bits per heavy atom. The monoisotopic (exact) mass is 252 g/mol. The molecule has 90 valence electrons. The molecule has 6 nitrogen and oxygen atoms in total. The van der Waals surface area contributed by atoms with Crippen LogP contribution in [0, 0.1) is 0 Å². The first-order valence-electron chi connectivity index (χ1n) is 5.08. The van der Waals surface area contributed by atoms with Crippen LogP contribution in [0.5, 0.6) is 0 Å². The van der Waals surface area contributed by atoms with E-state index in [9.17, 15) is 4.79 Å². The molecule has 1 unspecified atom stereocenters. The van der Waals surface area contributed by atoms with E-state index in [1.165, 1.54) is 4.88 Å². The van der Waals surface area contributed by atoms with Crippen molar-refractivity contribution in [2.24, 2.45) is 0 Å². The van der Waals surface area contributed by atoms with Crippen molar-refractivity contribution < 1.29 is 9.42 Å². The zero-order valence-electron chi connectivity index (χ0n) is 9.21. The van der Waals surface area contributed by atoms with Crippen LogP contribution in [0.1, 0.15) is 22.3 Å². The van der Waals surface area contributed by atoms with Gasteiger partial charge in [0.2, 0.25) is 11.5 Å². The van der Waals surface area contributed by atoms with E-state index in [4.69, 9.17) is 5.73 Å². The van der Waals surface area contributed by atoms with Gasteiger partial charge in [0.1, 0.15) is 0 Å². The van der Waals surface area contributed by atoms with E-state index in [-0.39, 0.29) is 23.5 Å². The fourth-order valence-corrected chi connectivity index (χ4v) is 2.26. The van der Waals surface area contributed by atoms with Crippen LogP contribution in [0.4, 0.5) is 5.82 Å². The minimum absolute atomic E-state index is 0.00255.